The summed E-state index contributed by atoms with van der Waals surface area (Å²) >= 11 is 0. The lowest BCUT2D eigenvalue weighted by Gasteiger charge is -2.14. The number of hydrogen-bond donors (Lipinski definition) is 2. The zero-order valence-corrected chi connectivity index (χ0v) is 9.13. The Labute approximate surface area is 84.8 Å². The van der Waals surface area contributed by atoms with Crippen molar-refractivity contribution in [3.63, 3.8) is 0 Å². The van der Waals surface area contributed by atoms with Crippen molar-refractivity contribution in [3.05, 3.63) is 12.2 Å². The number of allylic oxidation sites excluding steroid dienone is 1. The Morgan fingerprint density at radius 2 is 1.71 bits per heavy atom. The van der Waals surface area contributed by atoms with Gasteiger partial charge in [-0.1, -0.05) is 6.08 Å². The van der Waals surface area contributed by atoms with Crippen LogP contribution < -0.4 is 10.6 Å². The first kappa shape index (κ1) is 12.7. The van der Waals surface area contributed by atoms with Gasteiger partial charge >= 0.3 is 0 Å². The second-order valence-electron chi connectivity index (χ2n) is 3.39. The molecule has 0 heterocycles. The molecular weight excluding hydrogens is 180 g/mol. The van der Waals surface area contributed by atoms with Gasteiger partial charge in [0.1, 0.15) is 6.04 Å². The molecule has 0 aromatic rings. The van der Waals surface area contributed by atoms with Gasteiger partial charge in [0.05, 0.1) is 0 Å². The first-order chi connectivity index (χ1) is 6.47. The third-order valence-corrected chi connectivity index (χ3v) is 1.50. The van der Waals surface area contributed by atoms with Gasteiger partial charge in [0.25, 0.3) is 0 Å². The molecule has 80 valence electrons. The molecule has 4 nitrogen and oxygen atoms in total. The lowest BCUT2D eigenvalue weighted by Crippen LogP contribution is -2.46. The Balaban J connectivity index is 4.01. The summed E-state index contributed by atoms with van der Waals surface area (Å²) in [5.74, 6) is -0.420. The minimum Gasteiger partial charge on any atom is -0.352 e. The van der Waals surface area contributed by atoms with E-state index in [9.17, 15) is 9.59 Å². The van der Waals surface area contributed by atoms with E-state index >= 15 is 0 Å². The predicted molar refractivity (Wildman–Crippen MR) is 55.7 cm³/mol. The Bertz CT molecular complexity index is 234. The summed E-state index contributed by atoms with van der Waals surface area (Å²) in [5.41, 5.74) is 0. The number of rotatable bonds is 4. The fourth-order valence-electron chi connectivity index (χ4n) is 0.888. The molecule has 0 aliphatic heterocycles. The lowest BCUT2D eigenvalue weighted by atomic mass is 10.2. The number of amides is 2. The van der Waals surface area contributed by atoms with Gasteiger partial charge in [-0.3, -0.25) is 9.59 Å². The van der Waals surface area contributed by atoms with Crippen LogP contribution in [-0.4, -0.2) is 23.9 Å². The molecule has 0 radical (unpaired) electrons. The molecule has 2 N–H and O–H groups in total. The molecule has 1 atom stereocenters. The molecule has 0 aromatic carbocycles. The van der Waals surface area contributed by atoms with Gasteiger partial charge in [-0.25, -0.2) is 0 Å². The van der Waals surface area contributed by atoms with E-state index in [1.54, 1.807) is 19.9 Å². The largest absolute Gasteiger partial charge is 0.352 e. The van der Waals surface area contributed by atoms with E-state index in [2.05, 4.69) is 10.6 Å². The zero-order chi connectivity index (χ0) is 11.1. The fraction of sp³-hybridized carbons (Fsp3) is 0.600. The molecule has 1 unspecified atom stereocenters. The van der Waals surface area contributed by atoms with E-state index < -0.39 is 6.04 Å². The summed E-state index contributed by atoms with van der Waals surface area (Å²) in [7, 11) is 0. The fourth-order valence-corrected chi connectivity index (χ4v) is 0.888. The van der Waals surface area contributed by atoms with Gasteiger partial charge < -0.3 is 10.6 Å². The van der Waals surface area contributed by atoms with Gasteiger partial charge in [-0.15, -0.1) is 0 Å². The first-order valence-electron chi connectivity index (χ1n) is 4.71. The van der Waals surface area contributed by atoms with Crippen molar-refractivity contribution in [2.75, 3.05) is 0 Å². The van der Waals surface area contributed by atoms with Gasteiger partial charge in [0.15, 0.2) is 0 Å². The normalized spacial score (nSPS) is 12.9. The van der Waals surface area contributed by atoms with Crippen molar-refractivity contribution < 1.29 is 9.59 Å². The summed E-state index contributed by atoms with van der Waals surface area (Å²) in [6, 6.07) is -0.412. The minimum absolute atomic E-state index is 0.0866. The maximum Gasteiger partial charge on any atom is 0.244 e. The molecule has 0 aromatic heterocycles. The van der Waals surface area contributed by atoms with E-state index in [1.165, 1.54) is 6.08 Å². The highest BCUT2D eigenvalue weighted by atomic mass is 16.2. The van der Waals surface area contributed by atoms with E-state index in [0.717, 1.165) is 0 Å². The standard InChI is InChI=1S/C10H18N2O2/c1-5-6-9(13)12-8(4)10(14)11-7(2)3/h5-8H,1-4H3,(H,11,14)(H,12,13)/b6-5+. The van der Waals surface area contributed by atoms with Gasteiger partial charge in [0.2, 0.25) is 11.8 Å². The quantitative estimate of drug-likeness (QED) is 0.650. The summed E-state index contributed by atoms with van der Waals surface area (Å²) in [5, 5.41) is 5.26. The minimum atomic E-state index is -0.499. The molecule has 0 saturated heterocycles. The molecule has 0 aliphatic carbocycles. The Kier molecular flexibility index (Phi) is 5.60. The van der Waals surface area contributed by atoms with Crippen LogP contribution in [0.5, 0.6) is 0 Å². The molecule has 14 heavy (non-hydrogen) atoms. The molecule has 0 bridgehead atoms. The monoisotopic (exact) mass is 198 g/mol. The molecular formula is C10H18N2O2. The topological polar surface area (TPSA) is 58.2 Å². The van der Waals surface area contributed by atoms with Crippen molar-refractivity contribution in [3.8, 4) is 0 Å². The summed E-state index contributed by atoms with van der Waals surface area (Å²) in [4.78, 5) is 22.4. The number of carbonyl (C=O) groups is 2. The van der Waals surface area contributed by atoms with Crippen LogP contribution in [0.3, 0.4) is 0 Å². The van der Waals surface area contributed by atoms with Gasteiger partial charge in [-0.05, 0) is 33.8 Å². The van der Waals surface area contributed by atoms with Crippen molar-refractivity contribution >= 4 is 11.8 Å². The SMILES string of the molecule is C/C=C/C(=O)NC(C)C(=O)NC(C)C. The van der Waals surface area contributed by atoms with Crippen LogP contribution in [0.2, 0.25) is 0 Å². The first-order valence-corrected chi connectivity index (χ1v) is 4.71. The number of nitrogens with one attached hydrogen (secondary N) is 2. The van der Waals surface area contributed by atoms with E-state index in [0.29, 0.717) is 0 Å². The molecule has 0 fully saturated rings. The Morgan fingerprint density at radius 1 is 1.14 bits per heavy atom. The Hall–Kier alpha value is -1.32. The molecule has 2 amide bonds. The average Bonchev–Trinajstić information content (AvgIpc) is 2.02. The van der Waals surface area contributed by atoms with Crippen LogP contribution in [0.1, 0.15) is 27.7 Å². The van der Waals surface area contributed by atoms with Gasteiger partial charge in [0, 0.05) is 6.04 Å². The highest BCUT2D eigenvalue weighted by molar-refractivity contribution is 5.92. The van der Waals surface area contributed by atoms with Crippen LogP contribution >= 0.6 is 0 Å². The van der Waals surface area contributed by atoms with E-state index in [-0.39, 0.29) is 17.9 Å². The third-order valence-electron chi connectivity index (χ3n) is 1.50. The zero-order valence-electron chi connectivity index (χ0n) is 9.13. The van der Waals surface area contributed by atoms with Crippen molar-refractivity contribution in [1.82, 2.24) is 10.6 Å². The van der Waals surface area contributed by atoms with Crippen molar-refractivity contribution in [1.29, 1.82) is 0 Å². The average molecular weight is 198 g/mol. The Morgan fingerprint density at radius 3 is 2.14 bits per heavy atom. The van der Waals surface area contributed by atoms with Crippen LogP contribution in [-0.2, 0) is 9.59 Å². The summed E-state index contributed by atoms with van der Waals surface area (Å²) < 4.78 is 0. The van der Waals surface area contributed by atoms with Gasteiger partial charge in [-0.2, -0.15) is 0 Å². The van der Waals surface area contributed by atoms with Crippen LogP contribution in [0.4, 0.5) is 0 Å². The summed E-state index contributed by atoms with van der Waals surface area (Å²) in [6.07, 6.45) is 3.02. The highest BCUT2D eigenvalue weighted by Crippen LogP contribution is 1.86. The maximum atomic E-state index is 11.3. The molecule has 0 rings (SSSR count). The smallest absolute Gasteiger partial charge is 0.244 e. The second kappa shape index (κ2) is 6.18. The van der Waals surface area contributed by atoms with E-state index in [1.807, 2.05) is 13.8 Å². The molecule has 4 heteroatoms. The number of carbonyl (C=O) groups excluding carboxylic acids is 2. The van der Waals surface area contributed by atoms with Crippen LogP contribution in [0, 0.1) is 0 Å². The maximum absolute atomic E-state index is 11.3. The van der Waals surface area contributed by atoms with Crippen molar-refractivity contribution in [2.45, 2.75) is 39.8 Å². The second-order valence-corrected chi connectivity index (χ2v) is 3.39. The van der Waals surface area contributed by atoms with Crippen LogP contribution in [0.15, 0.2) is 12.2 Å². The van der Waals surface area contributed by atoms with E-state index in [4.69, 9.17) is 0 Å². The molecule has 0 aliphatic rings. The number of hydrogen-bond acceptors (Lipinski definition) is 2. The molecule has 0 saturated carbocycles. The third kappa shape index (κ3) is 5.35. The van der Waals surface area contributed by atoms with Crippen molar-refractivity contribution in [2.24, 2.45) is 0 Å². The lowest BCUT2D eigenvalue weighted by molar-refractivity contribution is -0.127. The molecule has 0 spiro atoms. The van der Waals surface area contributed by atoms with Crippen LogP contribution in [0.25, 0.3) is 0 Å². The predicted octanol–water partition coefficient (Wildman–Crippen LogP) is 0.592. The summed E-state index contributed by atoms with van der Waals surface area (Å²) in [6.45, 7) is 7.15. The highest BCUT2D eigenvalue weighted by Gasteiger charge is 2.14.